The van der Waals surface area contributed by atoms with Crippen molar-refractivity contribution >= 4 is 0 Å². The van der Waals surface area contributed by atoms with Crippen molar-refractivity contribution in [2.75, 3.05) is 14.2 Å². The van der Waals surface area contributed by atoms with Gasteiger partial charge >= 0.3 is 5.69 Å². The summed E-state index contributed by atoms with van der Waals surface area (Å²) in [5, 5.41) is 22.6. The van der Waals surface area contributed by atoms with Crippen molar-refractivity contribution in [1.29, 1.82) is 0 Å². The number of aliphatic hydroxyl groups excluding tert-OH is 2. The highest BCUT2D eigenvalue weighted by molar-refractivity contribution is 5.42. The molecule has 40 heavy (non-hydrogen) atoms. The van der Waals surface area contributed by atoms with Crippen LogP contribution in [-0.4, -0.2) is 52.3 Å². The first-order chi connectivity index (χ1) is 19.4. The number of H-pyrrole nitrogens is 1. The van der Waals surface area contributed by atoms with Crippen molar-refractivity contribution in [3.8, 4) is 11.5 Å². The van der Waals surface area contributed by atoms with E-state index in [0.717, 1.165) is 16.2 Å². The van der Waals surface area contributed by atoms with E-state index in [9.17, 15) is 19.8 Å². The molecule has 0 saturated carbocycles. The van der Waals surface area contributed by atoms with Crippen molar-refractivity contribution in [1.82, 2.24) is 9.55 Å². The van der Waals surface area contributed by atoms with E-state index < -0.39 is 41.4 Å². The first-order valence-electron chi connectivity index (χ1n) is 12.7. The second-order valence-corrected chi connectivity index (χ2v) is 9.41. The summed E-state index contributed by atoms with van der Waals surface area (Å²) in [5.41, 5.74) is -0.716. The predicted molar refractivity (Wildman–Crippen MR) is 145 cm³/mol. The zero-order chi connectivity index (χ0) is 28.3. The Morgan fingerprint density at radius 2 is 1.43 bits per heavy atom. The maximum atomic E-state index is 12.6. The van der Waals surface area contributed by atoms with Crippen LogP contribution in [0.4, 0.5) is 0 Å². The molecule has 5 unspecified atom stereocenters. The Labute approximate surface area is 230 Å². The van der Waals surface area contributed by atoms with Gasteiger partial charge in [0.25, 0.3) is 5.56 Å². The quantitative estimate of drug-likeness (QED) is 0.292. The number of nitrogens with zero attached hydrogens (tertiary/aromatic N) is 1. The van der Waals surface area contributed by atoms with Gasteiger partial charge in [-0.25, -0.2) is 4.79 Å². The van der Waals surface area contributed by atoms with Gasteiger partial charge in [0.2, 0.25) is 0 Å². The molecule has 10 heteroatoms. The van der Waals surface area contributed by atoms with Crippen LogP contribution in [0.25, 0.3) is 0 Å². The van der Waals surface area contributed by atoms with E-state index in [1.54, 1.807) is 26.4 Å². The van der Waals surface area contributed by atoms with Gasteiger partial charge in [-0.2, -0.15) is 0 Å². The van der Waals surface area contributed by atoms with Crippen molar-refractivity contribution in [2.24, 2.45) is 0 Å². The third kappa shape index (κ3) is 5.05. The smallest absolute Gasteiger partial charge is 0.330 e. The zero-order valence-corrected chi connectivity index (χ0v) is 22.0. The number of aromatic nitrogens is 2. The molecule has 3 N–H and O–H groups in total. The number of nitrogens with one attached hydrogen (secondary N) is 1. The molecule has 1 saturated heterocycles. The van der Waals surface area contributed by atoms with E-state index in [0.29, 0.717) is 22.6 Å². The Morgan fingerprint density at radius 1 is 0.825 bits per heavy atom. The number of rotatable bonds is 9. The van der Waals surface area contributed by atoms with Gasteiger partial charge in [0, 0.05) is 12.3 Å². The van der Waals surface area contributed by atoms with Crippen molar-refractivity contribution in [3.05, 3.63) is 129 Å². The number of aromatic amines is 1. The Bertz CT molecular complexity index is 1540. The second-order valence-electron chi connectivity index (χ2n) is 9.41. The fourth-order valence-corrected chi connectivity index (χ4v) is 5.04. The number of hydrogen-bond acceptors (Lipinski definition) is 8. The highest BCUT2D eigenvalue weighted by Crippen LogP contribution is 2.46. The summed E-state index contributed by atoms with van der Waals surface area (Å²) in [6, 6.07) is 24.9. The molecule has 0 bridgehead atoms. The van der Waals surface area contributed by atoms with Gasteiger partial charge in [-0.3, -0.25) is 14.3 Å². The van der Waals surface area contributed by atoms with Crippen LogP contribution in [0.2, 0.25) is 0 Å². The van der Waals surface area contributed by atoms with Crippen LogP contribution in [0.5, 0.6) is 11.5 Å². The Kier molecular flexibility index (Phi) is 7.85. The molecule has 4 aromatic rings. The Hall–Kier alpha value is -4.22. The number of ether oxygens (including phenoxy) is 4. The highest BCUT2D eigenvalue weighted by atomic mass is 16.6. The second kappa shape index (κ2) is 11.5. The third-order valence-electron chi connectivity index (χ3n) is 7.11. The standard InChI is InChI=1S/C30H30N2O8/c1-37-22-12-8-19(9-13-22)18-39-30(20-6-4-3-5-7-20,21-10-14-23(38-2)15-11-21)27-25(34)26(35)28(40-27)32-17-16-24(33)31-29(32)36/h3-17,25-28,34-35H,18H2,1-2H3,(H,31,33,36). The van der Waals surface area contributed by atoms with Gasteiger partial charge in [-0.05, 0) is 41.0 Å². The molecule has 2 heterocycles. The molecule has 10 nitrogen and oxygen atoms in total. The zero-order valence-electron chi connectivity index (χ0n) is 22.0. The lowest BCUT2D eigenvalue weighted by atomic mass is 9.79. The molecule has 0 aliphatic carbocycles. The lowest BCUT2D eigenvalue weighted by molar-refractivity contribution is -0.161. The van der Waals surface area contributed by atoms with Crippen molar-refractivity contribution < 1.29 is 29.2 Å². The number of benzene rings is 3. The monoisotopic (exact) mass is 546 g/mol. The summed E-state index contributed by atoms with van der Waals surface area (Å²) in [5.74, 6) is 1.31. The molecular weight excluding hydrogens is 516 g/mol. The highest BCUT2D eigenvalue weighted by Gasteiger charge is 2.56. The lowest BCUT2D eigenvalue weighted by Crippen LogP contribution is -2.49. The lowest BCUT2D eigenvalue weighted by Gasteiger charge is -2.41. The van der Waals surface area contributed by atoms with Gasteiger partial charge < -0.3 is 29.2 Å². The van der Waals surface area contributed by atoms with E-state index in [2.05, 4.69) is 4.98 Å². The van der Waals surface area contributed by atoms with E-state index in [1.165, 1.54) is 6.20 Å². The normalized spacial score (nSPS) is 22.0. The summed E-state index contributed by atoms with van der Waals surface area (Å²) in [4.78, 5) is 26.4. The molecular formula is C30H30N2O8. The van der Waals surface area contributed by atoms with Crippen LogP contribution < -0.4 is 20.7 Å². The summed E-state index contributed by atoms with van der Waals surface area (Å²) in [6.07, 6.45) is -4.25. The fraction of sp³-hybridized carbons (Fsp3) is 0.267. The van der Waals surface area contributed by atoms with Crippen LogP contribution in [-0.2, 0) is 21.7 Å². The molecule has 0 radical (unpaired) electrons. The summed E-state index contributed by atoms with van der Waals surface area (Å²) < 4.78 is 24.7. The molecule has 1 aliphatic heterocycles. The van der Waals surface area contributed by atoms with Crippen LogP contribution in [0.1, 0.15) is 22.9 Å². The first kappa shape index (κ1) is 27.4. The molecule has 1 aromatic heterocycles. The summed E-state index contributed by atoms with van der Waals surface area (Å²) in [7, 11) is 3.15. The van der Waals surface area contributed by atoms with Gasteiger partial charge in [-0.15, -0.1) is 0 Å². The molecule has 1 aliphatic rings. The molecule has 5 atom stereocenters. The Morgan fingerprint density at radius 3 is 2.02 bits per heavy atom. The van der Waals surface area contributed by atoms with Crippen molar-refractivity contribution in [2.45, 2.75) is 36.7 Å². The first-order valence-corrected chi connectivity index (χ1v) is 12.7. The van der Waals surface area contributed by atoms with Gasteiger partial charge in [-0.1, -0.05) is 54.6 Å². The minimum absolute atomic E-state index is 0.108. The molecule has 1 fully saturated rings. The van der Waals surface area contributed by atoms with Gasteiger partial charge in [0.15, 0.2) is 6.23 Å². The van der Waals surface area contributed by atoms with Crippen LogP contribution in [0.3, 0.4) is 0 Å². The molecule has 3 aromatic carbocycles. The van der Waals surface area contributed by atoms with Gasteiger partial charge in [0.05, 0.1) is 20.8 Å². The third-order valence-corrected chi connectivity index (χ3v) is 7.11. The minimum atomic E-state index is -1.51. The van der Waals surface area contributed by atoms with Gasteiger partial charge in [0.1, 0.15) is 35.4 Å². The maximum absolute atomic E-state index is 12.6. The molecule has 208 valence electrons. The number of aliphatic hydroxyl groups is 2. The van der Waals surface area contributed by atoms with Crippen LogP contribution in [0, 0.1) is 0 Å². The average molecular weight is 547 g/mol. The Balaban J connectivity index is 1.65. The van der Waals surface area contributed by atoms with E-state index in [-0.39, 0.29) is 6.61 Å². The molecule has 5 rings (SSSR count). The molecule has 0 spiro atoms. The summed E-state index contributed by atoms with van der Waals surface area (Å²) >= 11 is 0. The maximum Gasteiger partial charge on any atom is 0.330 e. The van der Waals surface area contributed by atoms with E-state index in [4.69, 9.17) is 18.9 Å². The van der Waals surface area contributed by atoms with E-state index in [1.807, 2.05) is 66.7 Å². The number of methoxy groups -OCH3 is 2. The SMILES string of the molecule is COc1ccc(COC(c2ccccc2)(c2ccc(OC)cc2)C2OC(n3ccc(=O)[nH]c3=O)C(O)C2O)cc1. The van der Waals surface area contributed by atoms with Crippen LogP contribution >= 0.6 is 0 Å². The topological polar surface area (TPSA) is 132 Å². The average Bonchev–Trinajstić information content (AvgIpc) is 3.28. The molecule has 0 amide bonds. The fourth-order valence-electron chi connectivity index (χ4n) is 5.04. The van der Waals surface area contributed by atoms with Crippen LogP contribution in [0.15, 0.2) is 101 Å². The minimum Gasteiger partial charge on any atom is -0.497 e. The largest absolute Gasteiger partial charge is 0.497 e. The predicted octanol–water partition coefficient (Wildman–Crippen LogP) is 2.33. The number of hydrogen-bond donors (Lipinski definition) is 3. The van der Waals surface area contributed by atoms with Crippen molar-refractivity contribution in [3.63, 3.8) is 0 Å². The van der Waals surface area contributed by atoms with E-state index >= 15 is 0 Å². The summed E-state index contributed by atoms with van der Waals surface area (Å²) in [6.45, 7) is 0.108.